The summed E-state index contributed by atoms with van der Waals surface area (Å²) >= 11 is 0. The van der Waals surface area contributed by atoms with E-state index in [2.05, 4.69) is 28.5 Å². The second-order valence-electron chi connectivity index (χ2n) is 9.08. The molecular formula is C26H38BN5O4. The summed E-state index contributed by atoms with van der Waals surface area (Å²) in [6, 6.07) is 16.0. The van der Waals surface area contributed by atoms with Crippen LogP contribution in [0.15, 0.2) is 53.5 Å². The fourth-order valence-corrected chi connectivity index (χ4v) is 4.06. The van der Waals surface area contributed by atoms with Crippen molar-refractivity contribution in [3.05, 3.63) is 70.8 Å². The van der Waals surface area contributed by atoms with E-state index in [1.54, 1.807) is 0 Å². The first-order valence-electron chi connectivity index (χ1n) is 12.2. The van der Waals surface area contributed by atoms with Crippen molar-refractivity contribution in [2.75, 3.05) is 19.6 Å². The van der Waals surface area contributed by atoms with Crippen LogP contribution in [0, 0.1) is 13.8 Å². The molecule has 0 bridgehead atoms. The molecule has 7 N–H and O–H groups in total. The first-order valence-corrected chi connectivity index (χ1v) is 12.2. The Balaban J connectivity index is 2.03. The van der Waals surface area contributed by atoms with Crippen LogP contribution in [0.5, 0.6) is 0 Å². The first-order chi connectivity index (χ1) is 17.1. The summed E-state index contributed by atoms with van der Waals surface area (Å²) in [6.07, 6.45) is 2.17. The fraction of sp³-hybridized carbons (Fsp3) is 0.423. The normalized spacial score (nSPS) is 11.4. The zero-order valence-corrected chi connectivity index (χ0v) is 21.2. The molecule has 2 amide bonds. The van der Waals surface area contributed by atoms with Gasteiger partial charge in [-0.05, 0) is 50.7 Å². The smallest absolute Gasteiger partial charge is 0.426 e. The summed E-state index contributed by atoms with van der Waals surface area (Å²) in [5.74, 6) is -1.53. The maximum absolute atomic E-state index is 13.1. The Kier molecular flexibility index (Phi) is 12.0. The molecule has 0 aliphatic carbocycles. The van der Waals surface area contributed by atoms with Gasteiger partial charge in [-0.1, -0.05) is 59.7 Å². The molecule has 0 aromatic heterocycles. The lowest BCUT2D eigenvalue weighted by molar-refractivity contribution is -0.136. The number of hydrogen-bond acceptors (Lipinski definition) is 5. The van der Waals surface area contributed by atoms with Crippen LogP contribution in [0.25, 0.3) is 0 Å². The van der Waals surface area contributed by atoms with Gasteiger partial charge in [0.25, 0.3) is 0 Å². The van der Waals surface area contributed by atoms with Gasteiger partial charge < -0.3 is 31.7 Å². The third-order valence-corrected chi connectivity index (χ3v) is 5.78. The number of guanidine groups is 1. The Morgan fingerprint density at radius 1 is 1.03 bits per heavy atom. The predicted molar refractivity (Wildman–Crippen MR) is 143 cm³/mol. The number of benzene rings is 2. The number of aryl methyl sites for hydroxylation is 3. The number of rotatable bonds is 14. The minimum atomic E-state index is -1.74. The van der Waals surface area contributed by atoms with Gasteiger partial charge in [-0.15, -0.1) is 0 Å². The predicted octanol–water partition coefficient (Wildman–Crippen LogP) is 0.858. The van der Waals surface area contributed by atoms with Crippen molar-refractivity contribution in [3.8, 4) is 0 Å². The molecule has 1 unspecified atom stereocenters. The Morgan fingerprint density at radius 3 is 2.31 bits per heavy atom. The van der Waals surface area contributed by atoms with Gasteiger partial charge in [0.1, 0.15) is 0 Å². The van der Waals surface area contributed by atoms with Crippen LogP contribution in [-0.4, -0.2) is 65.4 Å². The van der Waals surface area contributed by atoms with Crippen LogP contribution in [0.3, 0.4) is 0 Å². The lowest BCUT2D eigenvalue weighted by Crippen LogP contribution is -2.50. The summed E-state index contributed by atoms with van der Waals surface area (Å²) in [6.45, 7) is 4.57. The molecule has 0 fully saturated rings. The van der Waals surface area contributed by atoms with E-state index < -0.39 is 19.0 Å². The van der Waals surface area contributed by atoms with Crippen LogP contribution >= 0.6 is 0 Å². The molecule has 9 nitrogen and oxygen atoms in total. The second-order valence-corrected chi connectivity index (χ2v) is 9.08. The third-order valence-electron chi connectivity index (χ3n) is 5.78. The summed E-state index contributed by atoms with van der Waals surface area (Å²) in [4.78, 5) is 31.3. The van der Waals surface area contributed by atoms with Crippen LogP contribution < -0.4 is 16.8 Å². The third kappa shape index (κ3) is 10.9. The molecule has 10 heteroatoms. The van der Waals surface area contributed by atoms with Crippen molar-refractivity contribution in [3.63, 3.8) is 0 Å². The number of nitrogens with one attached hydrogen (secondary N) is 1. The van der Waals surface area contributed by atoms with Gasteiger partial charge in [0.05, 0.1) is 12.5 Å². The fourth-order valence-electron chi connectivity index (χ4n) is 4.06. The van der Waals surface area contributed by atoms with E-state index in [1.165, 1.54) is 4.90 Å². The number of amides is 2. The highest BCUT2D eigenvalue weighted by Gasteiger charge is 2.26. The number of carbonyl (C=O) groups is 2. The monoisotopic (exact) mass is 495 g/mol. The van der Waals surface area contributed by atoms with Gasteiger partial charge in [0, 0.05) is 19.5 Å². The zero-order chi connectivity index (χ0) is 26.5. The van der Waals surface area contributed by atoms with E-state index in [4.69, 9.17) is 11.5 Å². The Hall–Kier alpha value is -3.37. The molecule has 2 aromatic carbocycles. The molecule has 2 aromatic rings. The summed E-state index contributed by atoms with van der Waals surface area (Å²) in [7, 11) is -1.74. The number of aliphatic imine (C=N–C) groups is 1. The van der Waals surface area contributed by atoms with E-state index >= 15 is 0 Å². The Bertz CT molecular complexity index is 992. The number of nitrogens with two attached hydrogens (primary N) is 2. The molecule has 2 rings (SSSR count). The van der Waals surface area contributed by atoms with Crippen molar-refractivity contribution >= 4 is 24.9 Å². The van der Waals surface area contributed by atoms with Crippen LogP contribution in [0.2, 0.25) is 0 Å². The average molecular weight is 495 g/mol. The SMILES string of the molecule is Cc1cc(C)cc(CCN(CC(=O)NC(CCCN=C(N)N)B(O)O)C(=O)CCc2ccccc2)c1. The van der Waals surface area contributed by atoms with Gasteiger partial charge in [-0.2, -0.15) is 0 Å². The molecule has 0 saturated carbocycles. The number of nitrogens with zero attached hydrogens (tertiary/aromatic N) is 2. The highest BCUT2D eigenvalue weighted by Crippen LogP contribution is 2.12. The standard InChI is InChI=1S/C26H38BN5O4/c1-19-15-20(2)17-22(16-19)12-14-32(25(34)11-10-21-7-4-3-5-8-21)18-24(33)31-23(27(35)36)9-6-13-30-26(28)29/h3-5,7-8,15-17,23,35-36H,6,9-14,18H2,1-2H3,(H,31,33)(H4,28,29,30). The van der Waals surface area contributed by atoms with E-state index in [1.807, 2.05) is 44.2 Å². The maximum atomic E-state index is 13.1. The van der Waals surface area contributed by atoms with Gasteiger partial charge in [0.15, 0.2) is 5.96 Å². The minimum absolute atomic E-state index is 0.0476. The van der Waals surface area contributed by atoms with E-state index in [0.29, 0.717) is 32.4 Å². The first kappa shape index (κ1) is 28.9. The van der Waals surface area contributed by atoms with E-state index in [0.717, 1.165) is 22.3 Å². The largest absolute Gasteiger partial charge is 0.475 e. The van der Waals surface area contributed by atoms with Crippen LogP contribution in [0.1, 0.15) is 41.5 Å². The summed E-state index contributed by atoms with van der Waals surface area (Å²) in [5.41, 5.74) is 15.0. The maximum Gasteiger partial charge on any atom is 0.475 e. The van der Waals surface area contributed by atoms with E-state index in [9.17, 15) is 19.6 Å². The lowest BCUT2D eigenvalue weighted by atomic mass is 9.76. The molecule has 36 heavy (non-hydrogen) atoms. The summed E-state index contributed by atoms with van der Waals surface area (Å²) in [5, 5.41) is 22.0. The van der Waals surface area contributed by atoms with Gasteiger partial charge >= 0.3 is 7.12 Å². The van der Waals surface area contributed by atoms with Crippen molar-refractivity contribution in [2.24, 2.45) is 16.5 Å². The van der Waals surface area contributed by atoms with E-state index in [-0.39, 0.29) is 31.3 Å². The quantitative estimate of drug-likeness (QED) is 0.113. The Morgan fingerprint density at radius 2 is 1.69 bits per heavy atom. The molecule has 0 heterocycles. The molecule has 194 valence electrons. The average Bonchev–Trinajstić information content (AvgIpc) is 2.81. The second kappa shape index (κ2) is 14.9. The van der Waals surface area contributed by atoms with Crippen molar-refractivity contribution in [1.29, 1.82) is 0 Å². The highest BCUT2D eigenvalue weighted by atomic mass is 16.4. The molecular weight excluding hydrogens is 457 g/mol. The molecule has 0 aliphatic heterocycles. The van der Waals surface area contributed by atoms with Crippen molar-refractivity contribution in [1.82, 2.24) is 10.2 Å². The molecule has 0 radical (unpaired) electrons. The molecule has 0 aliphatic rings. The number of carbonyl (C=O) groups excluding carboxylic acids is 2. The van der Waals surface area contributed by atoms with Crippen molar-refractivity contribution < 1.29 is 19.6 Å². The zero-order valence-electron chi connectivity index (χ0n) is 21.2. The van der Waals surface area contributed by atoms with Crippen LogP contribution in [-0.2, 0) is 22.4 Å². The minimum Gasteiger partial charge on any atom is -0.426 e. The lowest BCUT2D eigenvalue weighted by Gasteiger charge is -2.24. The molecule has 0 spiro atoms. The van der Waals surface area contributed by atoms with Gasteiger partial charge in [-0.25, -0.2) is 0 Å². The van der Waals surface area contributed by atoms with Crippen LogP contribution in [0.4, 0.5) is 0 Å². The van der Waals surface area contributed by atoms with Crippen molar-refractivity contribution in [2.45, 2.75) is 51.9 Å². The number of hydrogen-bond donors (Lipinski definition) is 5. The molecule has 0 saturated heterocycles. The van der Waals surface area contributed by atoms with Gasteiger partial charge in [0.2, 0.25) is 11.8 Å². The Labute approximate surface area is 213 Å². The highest BCUT2D eigenvalue weighted by molar-refractivity contribution is 6.43. The topological polar surface area (TPSA) is 154 Å². The van der Waals surface area contributed by atoms with Gasteiger partial charge in [-0.3, -0.25) is 14.6 Å². The summed E-state index contributed by atoms with van der Waals surface area (Å²) < 4.78 is 0. The molecule has 1 atom stereocenters.